The van der Waals surface area contributed by atoms with E-state index in [1.807, 2.05) is 0 Å². The third-order valence-electron chi connectivity index (χ3n) is 2.11. The molecule has 0 aliphatic heterocycles. The molecule has 10 heteroatoms. The minimum absolute atomic E-state index is 0. The van der Waals surface area contributed by atoms with Crippen molar-refractivity contribution in [2.75, 3.05) is 0 Å². The van der Waals surface area contributed by atoms with Crippen LogP contribution in [0.25, 0.3) is 0 Å². The van der Waals surface area contributed by atoms with E-state index in [9.17, 15) is 13.0 Å². The average Bonchev–Trinajstić information content (AvgIpc) is 2.23. The van der Waals surface area contributed by atoms with Crippen molar-refractivity contribution in [2.24, 2.45) is 5.92 Å². The van der Waals surface area contributed by atoms with Gasteiger partial charge in [-0.3, -0.25) is 0 Å². The third-order valence-corrected chi connectivity index (χ3v) is 6.59. The molecule has 3 nitrogen and oxygen atoms in total. The van der Waals surface area contributed by atoms with Crippen LogP contribution in [0.5, 0.6) is 0 Å². The summed E-state index contributed by atoms with van der Waals surface area (Å²) in [5.74, 6) is -0.785. The van der Waals surface area contributed by atoms with Crippen LogP contribution in [-0.2, 0) is 10.1 Å². The van der Waals surface area contributed by atoms with Gasteiger partial charge in [0.1, 0.15) is 10.1 Å². The van der Waals surface area contributed by atoms with Crippen molar-refractivity contribution in [1.29, 1.82) is 0 Å². The van der Waals surface area contributed by atoms with Crippen molar-refractivity contribution in [1.82, 2.24) is 0 Å². The number of hydrogen-bond donors (Lipinski definition) is 0. The van der Waals surface area contributed by atoms with Gasteiger partial charge in [0.25, 0.3) is 0 Å². The first-order valence-corrected chi connectivity index (χ1v) is 7.27. The zero-order chi connectivity index (χ0) is 13.6. The second-order valence-corrected chi connectivity index (χ2v) is 6.97. The van der Waals surface area contributed by atoms with Gasteiger partial charge in [-0.15, -0.1) is 6.58 Å². The van der Waals surface area contributed by atoms with E-state index in [2.05, 4.69) is 6.58 Å². The van der Waals surface area contributed by atoms with Gasteiger partial charge in [-0.1, -0.05) is 64.1 Å². The van der Waals surface area contributed by atoms with Crippen LogP contribution < -0.4 is 29.6 Å². The number of rotatable bonds is 2. The summed E-state index contributed by atoms with van der Waals surface area (Å²) >= 11 is 28.7. The van der Waals surface area contributed by atoms with E-state index in [0.29, 0.717) is 0 Å². The Bertz CT molecular complexity index is 513. The fraction of sp³-hybridized carbons (Fsp3) is 0.250. The molecule has 96 valence electrons. The second kappa shape index (κ2) is 6.56. The monoisotopic (exact) mass is 378 g/mol. The molecule has 0 unspecified atom stereocenters. The van der Waals surface area contributed by atoms with Crippen LogP contribution >= 0.6 is 58.0 Å². The van der Waals surface area contributed by atoms with Gasteiger partial charge in [-0.2, -0.15) is 0 Å². The van der Waals surface area contributed by atoms with Crippen LogP contribution in [0, 0.1) is 5.92 Å². The SMILES string of the molecule is C=CC1C(Cl)=C(Cl)C(Cl)(S(=O)(=O)[O-])C(Cl)=C1Cl.[Na+]. The van der Waals surface area contributed by atoms with Crippen LogP contribution in [-0.4, -0.2) is 17.2 Å². The summed E-state index contributed by atoms with van der Waals surface area (Å²) in [4.78, 5) is 0. The first kappa shape index (κ1) is 19.6. The summed E-state index contributed by atoms with van der Waals surface area (Å²) in [5.41, 5.74) is 0. The second-order valence-electron chi connectivity index (χ2n) is 3.09. The van der Waals surface area contributed by atoms with Crippen molar-refractivity contribution in [3.05, 3.63) is 32.8 Å². The average molecular weight is 380 g/mol. The quantitative estimate of drug-likeness (QED) is 0.306. The largest absolute Gasteiger partial charge is 1.00 e. The van der Waals surface area contributed by atoms with Gasteiger partial charge < -0.3 is 4.55 Å². The summed E-state index contributed by atoms with van der Waals surface area (Å²) in [6.07, 6.45) is 1.29. The van der Waals surface area contributed by atoms with Gasteiger partial charge in [0, 0.05) is 10.1 Å². The molecule has 0 spiro atoms. The van der Waals surface area contributed by atoms with E-state index in [4.69, 9.17) is 58.0 Å². The first-order chi connectivity index (χ1) is 7.59. The van der Waals surface area contributed by atoms with Crippen LogP contribution in [0.2, 0.25) is 0 Å². The van der Waals surface area contributed by atoms with Crippen LogP contribution in [0.1, 0.15) is 0 Å². The maximum atomic E-state index is 11.1. The molecule has 0 aromatic carbocycles. The van der Waals surface area contributed by atoms with Gasteiger partial charge in [0.15, 0.2) is 0 Å². The molecule has 0 radical (unpaired) electrons. The fourth-order valence-corrected chi connectivity index (χ4v) is 4.06. The molecule has 1 aliphatic rings. The topological polar surface area (TPSA) is 57.2 Å². The summed E-state index contributed by atoms with van der Waals surface area (Å²) in [5, 5.41) is -1.58. The molecule has 0 heterocycles. The Hall–Kier alpha value is 1.58. The van der Waals surface area contributed by atoms with Gasteiger partial charge >= 0.3 is 29.6 Å². The van der Waals surface area contributed by atoms with Gasteiger partial charge in [-0.05, 0) is 0 Å². The maximum Gasteiger partial charge on any atom is 1.00 e. The molecule has 0 fully saturated rings. The van der Waals surface area contributed by atoms with Crippen molar-refractivity contribution in [3.63, 3.8) is 0 Å². The van der Waals surface area contributed by atoms with Crippen molar-refractivity contribution < 1.29 is 42.5 Å². The minimum Gasteiger partial charge on any atom is -0.746 e. The maximum absolute atomic E-state index is 11.1. The van der Waals surface area contributed by atoms with E-state index in [0.717, 1.165) is 0 Å². The number of alkyl halides is 1. The van der Waals surface area contributed by atoms with Gasteiger partial charge in [0.05, 0.1) is 16.0 Å². The van der Waals surface area contributed by atoms with Gasteiger partial charge in [-0.25, -0.2) is 8.42 Å². The van der Waals surface area contributed by atoms with E-state index >= 15 is 0 Å². The summed E-state index contributed by atoms with van der Waals surface area (Å²) < 4.78 is 30.8. The van der Waals surface area contributed by atoms with E-state index in [1.165, 1.54) is 6.08 Å². The zero-order valence-corrected chi connectivity index (χ0v) is 15.5. The molecule has 0 saturated carbocycles. The van der Waals surface area contributed by atoms with Crippen LogP contribution in [0.15, 0.2) is 32.8 Å². The number of halogens is 5. The Labute approximate surface area is 152 Å². The first-order valence-electron chi connectivity index (χ1n) is 3.97. The molecule has 18 heavy (non-hydrogen) atoms. The molecule has 1 aliphatic carbocycles. The van der Waals surface area contributed by atoms with E-state index in [-0.39, 0.29) is 39.6 Å². The third kappa shape index (κ3) is 2.93. The van der Waals surface area contributed by atoms with Crippen molar-refractivity contribution in [3.8, 4) is 0 Å². The molecule has 0 amide bonds. The Kier molecular flexibility index (Phi) is 7.14. The predicted octanol–water partition coefficient (Wildman–Crippen LogP) is 0.665. The van der Waals surface area contributed by atoms with E-state index in [1.54, 1.807) is 0 Å². The molecular weight excluding hydrogens is 376 g/mol. The summed E-state index contributed by atoms with van der Waals surface area (Å²) in [6, 6.07) is 0. The Morgan fingerprint density at radius 1 is 1.17 bits per heavy atom. The van der Waals surface area contributed by atoms with E-state index < -0.39 is 30.3 Å². The molecule has 1 rings (SSSR count). The molecular formula is C8H4Cl5NaO3S. The Morgan fingerprint density at radius 3 is 1.72 bits per heavy atom. The van der Waals surface area contributed by atoms with Crippen LogP contribution in [0.3, 0.4) is 0 Å². The number of allylic oxidation sites excluding steroid dienone is 3. The Morgan fingerprint density at radius 2 is 1.50 bits per heavy atom. The minimum atomic E-state index is -5.09. The molecule has 0 bridgehead atoms. The molecule has 0 aromatic rings. The van der Waals surface area contributed by atoms with Crippen molar-refractivity contribution >= 4 is 68.1 Å². The normalized spacial score (nSPS) is 29.1. The van der Waals surface area contributed by atoms with Crippen LogP contribution in [0.4, 0.5) is 0 Å². The molecule has 0 aromatic heterocycles. The molecule has 0 N–H and O–H groups in total. The summed E-state index contributed by atoms with van der Waals surface area (Å²) in [7, 11) is -5.09. The smallest absolute Gasteiger partial charge is 0.746 e. The molecule has 0 saturated heterocycles. The van der Waals surface area contributed by atoms with Crippen molar-refractivity contribution in [2.45, 2.75) is 4.21 Å². The number of hydrogen-bond acceptors (Lipinski definition) is 3. The standard InChI is InChI=1S/C8H5Cl5O3S.Na/c1-2-3-4(9)6(11)8(13,17(14,15)16)7(12)5(3)10;/h2-3H,1H2,(H,14,15,16);/q;+1/p-1. The van der Waals surface area contributed by atoms with Gasteiger partial charge in [0.2, 0.25) is 4.21 Å². The fourth-order valence-electron chi connectivity index (χ4n) is 1.21. The predicted molar refractivity (Wildman–Crippen MR) is 69.4 cm³/mol. The Balaban J connectivity index is 0.00000289. The zero-order valence-electron chi connectivity index (χ0n) is 8.88. The molecule has 0 atom stereocenters. The summed E-state index contributed by atoms with van der Waals surface area (Å²) in [6.45, 7) is 3.44.